The average molecular weight is 942 g/mol. The van der Waals surface area contributed by atoms with Crippen LogP contribution in [0.1, 0.15) is 69.2 Å². The molecule has 1 amide bonds. The lowest BCUT2D eigenvalue weighted by atomic mass is 9.80. The topological polar surface area (TPSA) is 83.9 Å². The zero-order valence-corrected chi connectivity index (χ0v) is 39.0. The van der Waals surface area contributed by atoms with Crippen LogP contribution in [-0.4, -0.2) is 76.0 Å². The van der Waals surface area contributed by atoms with Crippen molar-refractivity contribution in [3.63, 3.8) is 0 Å². The molecule has 1 saturated heterocycles. The van der Waals surface area contributed by atoms with Gasteiger partial charge in [-0.05, 0) is 92.8 Å². The monoisotopic (exact) mass is 940 g/mol. The van der Waals surface area contributed by atoms with E-state index in [1.54, 1.807) is 12.1 Å². The maximum atomic E-state index is 14.0. The van der Waals surface area contributed by atoms with Gasteiger partial charge in [0, 0.05) is 114 Å². The molecule has 14 heteroatoms. The fraction of sp³-hybridized carbons (Fsp3) is 0.385. The van der Waals surface area contributed by atoms with Crippen LogP contribution in [0.5, 0.6) is 11.5 Å². The van der Waals surface area contributed by atoms with Crippen molar-refractivity contribution in [2.24, 2.45) is 0 Å². The van der Waals surface area contributed by atoms with Crippen molar-refractivity contribution in [1.29, 1.82) is 0 Å². The molecule has 9 nitrogen and oxygen atoms in total. The average Bonchev–Trinajstić information content (AvgIpc) is 3.66. The lowest BCUT2D eigenvalue weighted by Gasteiger charge is -2.37. The first-order valence-electron chi connectivity index (χ1n) is 22.9. The number of hydrogen-bond acceptors (Lipinski definition) is 7. The van der Waals surface area contributed by atoms with Crippen LogP contribution in [-0.2, 0) is 31.0 Å². The molecule has 6 aromatic rings. The Morgan fingerprint density at radius 3 is 2.20 bits per heavy atom. The summed E-state index contributed by atoms with van der Waals surface area (Å²) >= 11 is 12.9. The van der Waals surface area contributed by atoms with E-state index in [-0.39, 0.29) is 17.8 Å². The van der Waals surface area contributed by atoms with E-state index >= 15 is 0 Å². The second kappa shape index (κ2) is 21.2. The molecule has 3 heterocycles. The number of carbonyl (C=O) groups excluding carboxylic acids is 1. The van der Waals surface area contributed by atoms with Crippen LogP contribution in [0.15, 0.2) is 109 Å². The number of aryl methyl sites for hydroxylation is 1. The van der Waals surface area contributed by atoms with Crippen molar-refractivity contribution in [2.75, 3.05) is 32.7 Å². The second-order valence-corrected chi connectivity index (χ2v) is 18.5. The van der Waals surface area contributed by atoms with Crippen LogP contribution in [0.25, 0.3) is 33.2 Å². The minimum absolute atomic E-state index is 0.0101. The summed E-state index contributed by atoms with van der Waals surface area (Å²) in [5, 5.41) is 9.25. The van der Waals surface area contributed by atoms with E-state index in [0.717, 1.165) is 121 Å². The number of hydrogen-bond donors (Lipinski definition) is 2. The van der Waals surface area contributed by atoms with Crippen LogP contribution in [0.3, 0.4) is 0 Å². The Morgan fingerprint density at radius 2 is 1.52 bits per heavy atom. The summed E-state index contributed by atoms with van der Waals surface area (Å²) in [6.07, 6.45) is 4.44. The molecule has 0 atom stereocenters. The highest BCUT2D eigenvalue weighted by molar-refractivity contribution is 6.36. The number of amides is 1. The summed E-state index contributed by atoms with van der Waals surface area (Å²) < 4.78 is 51.4. The number of rotatable bonds is 17. The third-order valence-electron chi connectivity index (χ3n) is 12.7. The number of fused-ring (bicyclic) bond motifs is 1. The maximum Gasteiger partial charge on any atom is 0.573 e. The van der Waals surface area contributed by atoms with Crippen molar-refractivity contribution >= 4 is 40.0 Å². The molecular formula is C52H57Cl2F3N6O3. The van der Waals surface area contributed by atoms with Gasteiger partial charge >= 0.3 is 6.36 Å². The molecule has 348 valence electrons. The molecule has 0 spiro atoms. The highest BCUT2D eigenvalue weighted by Crippen LogP contribution is 2.35. The van der Waals surface area contributed by atoms with Gasteiger partial charge in [-0.15, -0.1) is 13.2 Å². The normalized spacial score (nSPS) is 15.9. The first-order valence-corrected chi connectivity index (χ1v) is 23.7. The van der Waals surface area contributed by atoms with E-state index < -0.39 is 11.9 Å². The van der Waals surface area contributed by atoms with Gasteiger partial charge in [0.1, 0.15) is 11.5 Å². The molecule has 4 aromatic carbocycles. The van der Waals surface area contributed by atoms with Crippen LogP contribution in [0.4, 0.5) is 13.2 Å². The number of aromatic nitrogens is 2. The van der Waals surface area contributed by atoms with Gasteiger partial charge in [0.2, 0.25) is 5.91 Å². The number of alkyl halides is 3. The Bertz CT molecular complexity index is 2550. The molecule has 2 fully saturated rings. The lowest BCUT2D eigenvalue weighted by Crippen LogP contribution is -2.57. The Balaban J connectivity index is 0.919. The third kappa shape index (κ3) is 11.9. The molecular weight excluding hydrogens is 885 g/mol. The minimum Gasteiger partial charge on any atom is -0.490 e. The van der Waals surface area contributed by atoms with Gasteiger partial charge < -0.3 is 19.4 Å². The fourth-order valence-corrected chi connectivity index (χ4v) is 9.75. The quantitative estimate of drug-likeness (QED) is 0.0881. The number of carbonyl (C=O) groups is 1. The second-order valence-electron chi connectivity index (χ2n) is 17.7. The molecule has 66 heavy (non-hydrogen) atoms. The van der Waals surface area contributed by atoms with Gasteiger partial charge in [0.25, 0.3) is 0 Å². The van der Waals surface area contributed by atoms with E-state index in [4.69, 9.17) is 32.9 Å². The number of halogens is 5. The Labute approximate surface area is 395 Å². The molecule has 8 rings (SSSR count). The zero-order chi connectivity index (χ0) is 46.3. The van der Waals surface area contributed by atoms with Crippen LogP contribution < -0.4 is 20.1 Å². The molecule has 2 aromatic heterocycles. The summed E-state index contributed by atoms with van der Waals surface area (Å²) in [5.74, 6) is 0.562. The van der Waals surface area contributed by atoms with E-state index in [2.05, 4.69) is 60.2 Å². The van der Waals surface area contributed by atoms with Crippen molar-refractivity contribution in [3.05, 3.63) is 136 Å². The van der Waals surface area contributed by atoms with E-state index in [1.807, 2.05) is 68.6 Å². The molecule has 2 aliphatic rings. The number of piperazine rings is 1. The predicted molar refractivity (Wildman–Crippen MR) is 257 cm³/mol. The van der Waals surface area contributed by atoms with Gasteiger partial charge in [-0.25, -0.2) is 0 Å². The minimum atomic E-state index is -4.78. The van der Waals surface area contributed by atoms with Crippen LogP contribution >= 0.6 is 23.2 Å². The molecule has 1 aliphatic carbocycles. The van der Waals surface area contributed by atoms with Gasteiger partial charge in [-0.1, -0.05) is 91.0 Å². The molecule has 1 saturated carbocycles. The van der Waals surface area contributed by atoms with E-state index in [1.165, 1.54) is 12.1 Å². The number of para-hydroxylation sites is 1. The number of nitrogens with zero attached hydrogens (tertiary/aromatic N) is 4. The third-order valence-corrected chi connectivity index (χ3v) is 13.4. The van der Waals surface area contributed by atoms with Crippen molar-refractivity contribution in [2.45, 2.75) is 96.6 Å². The summed E-state index contributed by atoms with van der Waals surface area (Å²) in [6, 6.07) is 30.1. The molecule has 0 radical (unpaired) electrons. The van der Waals surface area contributed by atoms with Gasteiger partial charge in [0.05, 0.1) is 17.3 Å². The number of ether oxygens (including phenoxy) is 2. The zero-order valence-electron chi connectivity index (χ0n) is 37.5. The summed E-state index contributed by atoms with van der Waals surface area (Å²) in [5.41, 5.74) is 6.94. The standard InChI is InChI=1S/C52H57Cl2F3N6O3/c1-36(2)65-49-13-5-4-10-42(49)39-15-18-40(59-31-39)32-60-51(22-6-3-7-23-51)50(64)58-24-9-25-63-35-44(38-16-19-41(20-17-38)66-52(55,56)57)43-30-37(14-21-48(43)63)33-61-26-28-62(29-27-61)34-45-46(53)11-8-12-47(45)54/h4-5,8,10-21,30-31,35-36,60H,3,6-7,9,22-29,32-34H2,1-2H3,(H,58,64). The largest absolute Gasteiger partial charge is 0.573 e. The number of benzene rings is 4. The molecule has 2 N–H and O–H groups in total. The number of pyridine rings is 1. The SMILES string of the molecule is CC(C)Oc1ccccc1-c1ccc(CNC2(C(=O)NCCCn3cc(-c4ccc(OC(F)(F)F)cc4)c4cc(CN5CCN(Cc6c(Cl)cccc6Cl)CC5)ccc43)CCCCC2)nc1. The Kier molecular flexibility index (Phi) is 15.2. The van der Waals surface area contributed by atoms with Crippen molar-refractivity contribution in [1.82, 2.24) is 30.0 Å². The summed E-state index contributed by atoms with van der Waals surface area (Å²) in [4.78, 5) is 23.6. The van der Waals surface area contributed by atoms with Crippen molar-refractivity contribution in [3.8, 4) is 33.8 Å². The first-order chi connectivity index (χ1) is 31.8. The maximum absolute atomic E-state index is 14.0. The van der Waals surface area contributed by atoms with E-state index in [9.17, 15) is 18.0 Å². The highest BCUT2D eigenvalue weighted by Gasteiger charge is 2.39. The summed E-state index contributed by atoms with van der Waals surface area (Å²) in [7, 11) is 0. The van der Waals surface area contributed by atoms with Crippen LogP contribution in [0.2, 0.25) is 10.0 Å². The molecule has 0 unspecified atom stereocenters. The van der Waals surface area contributed by atoms with Gasteiger partial charge in [-0.2, -0.15) is 0 Å². The molecule has 1 aliphatic heterocycles. The Morgan fingerprint density at radius 1 is 0.818 bits per heavy atom. The van der Waals surface area contributed by atoms with E-state index in [0.29, 0.717) is 42.6 Å². The molecule has 0 bridgehead atoms. The smallest absolute Gasteiger partial charge is 0.490 e. The van der Waals surface area contributed by atoms with Gasteiger partial charge in [-0.3, -0.25) is 24.9 Å². The lowest BCUT2D eigenvalue weighted by molar-refractivity contribution is -0.274. The number of nitrogens with one attached hydrogen (secondary N) is 2. The van der Waals surface area contributed by atoms with Gasteiger partial charge in [0.15, 0.2) is 0 Å². The fourth-order valence-electron chi connectivity index (χ4n) is 9.23. The first kappa shape index (κ1) is 47.4. The summed E-state index contributed by atoms with van der Waals surface area (Å²) in [6.45, 7) is 10.6. The highest BCUT2D eigenvalue weighted by atomic mass is 35.5. The van der Waals surface area contributed by atoms with Crippen molar-refractivity contribution < 1.29 is 27.4 Å². The van der Waals surface area contributed by atoms with Crippen LogP contribution in [0, 0.1) is 0 Å². The predicted octanol–water partition coefficient (Wildman–Crippen LogP) is 11.7. The Hall–Kier alpha value is -5.11.